The van der Waals surface area contributed by atoms with E-state index >= 15 is 0 Å². The summed E-state index contributed by atoms with van der Waals surface area (Å²) in [4.78, 5) is 1.83. The molecule has 2 rings (SSSR count). The minimum Gasteiger partial charge on any atom is -0.492 e. The third-order valence-corrected chi connectivity index (χ3v) is 3.80. The second-order valence-electron chi connectivity index (χ2n) is 5.38. The molecule has 1 heterocycles. The van der Waals surface area contributed by atoms with Gasteiger partial charge in [-0.25, -0.2) is 0 Å². The van der Waals surface area contributed by atoms with Crippen molar-refractivity contribution in [2.75, 3.05) is 26.2 Å². The van der Waals surface area contributed by atoms with Gasteiger partial charge in [-0.2, -0.15) is 13.2 Å². The summed E-state index contributed by atoms with van der Waals surface area (Å²) in [6.45, 7) is 2.19. The molecule has 1 aromatic rings. The summed E-state index contributed by atoms with van der Waals surface area (Å²) in [6, 6.07) is 7.43. The largest absolute Gasteiger partial charge is 0.492 e. The van der Waals surface area contributed by atoms with Crippen LogP contribution in [0.4, 0.5) is 13.2 Å². The summed E-state index contributed by atoms with van der Waals surface area (Å²) >= 11 is 0. The first kappa shape index (κ1) is 16.1. The number of alkyl halides is 3. The molecule has 0 aromatic heterocycles. The Labute approximate surface area is 122 Å². The smallest absolute Gasteiger partial charge is 0.393 e. The fourth-order valence-electron chi connectivity index (χ4n) is 2.54. The van der Waals surface area contributed by atoms with Crippen molar-refractivity contribution in [2.24, 2.45) is 11.7 Å². The van der Waals surface area contributed by atoms with Gasteiger partial charge in [0.05, 0.1) is 5.92 Å². The maximum atomic E-state index is 12.7. The number of halogens is 3. The van der Waals surface area contributed by atoms with E-state index in [1.807, 2.05) is 29.2 Å². The summed E-state index contributed by atoms with van der Waals surface area (Å²) < 4.78 is 43.7. The minimum absolute atomic E-state index is 0.0823. The molecule has 21 heavy (non-hydrogen) atoms. The molecule has 1 atom stereocenters. The van der Waals surface area contributed by atoms with Gasteiger partial charge in [0.2, 0.25) is 0 Å². The van der Waals surface area contributed by atoms with Crippen LogP contribution in [0.3, 0.4) is 0 Å². The number of rotatable bonds is 5. The zero-order valence-corrected chi connectivity index (χ0v) is 11.9. The Hall–Kier alpha value is -1.27. The lowest BCUT2D eigenvalue weighted by molar-refractivity contribution is -0.186. The molecule has 1 aliphatic rings. The van der Waals surface area contributed by atoms with Crippen LogP contribution in [0.5, 0.6) is 5.75 Å². The van der Waals surface area contributed by atoms with Crippen LogP contribution in [0.1, 0.15) is 18.4 Å². The van der Waals surface area contributed by atoms with E-state index in [1.54, 1.807) is 0 Å². The van der Waals surface area contributed by atoms with Crippen LogP contribution in [-0.4, -0.2) is 37.3 Å². The van der Waals surface area contributed by atoms with E-state index in [9.17, 15) is 13.2 Å². The Morgan fingerprint density at radius 3 is 2.57 bits per heavy atom. The van der Waals surface area contributed by atoms with Crippen molar-refractivity contribution >= 4 is 0 Å². The van der Waals surface area contributed by atoms with Crippen LogP contribution in [0, 0.1) is 5.92 Å². The average Bonchev–Trinajstić information content (AvgIpc) is 2.47. The second kappa shape index (κ2) is 7.13. The first-order valence-electron chi connectivity index (χ1n) is 7.20. The van der Waals surface area contributed by atoms with Gasteiger partial charge in [-0.05, 0) is 37.1 Å². The van der Waals surface area contributed by atoms with Gasteiger partial charge in [0.1, 0.15) is 12.4 Å². The molecule has 3 nitrogen and oxygen atoms in total. The quantitative estimate of drug-likeness (QED) is 0.909. The summed E-state index contributed by atoms with van der Waals surface area (Å²) in [5, 5.41) is 0. The van der Waals surface area contributed by atoms with E-state index < -0.39 is 12.1 Å². The minimum atomic E-state index is -4.09. The molecule has 1 fully saturated rings. The van der Waals surface area contributed by atoms with Gasteiger partial charge in [0.25, 0.3) is 0 Å². The summed E-state index contributed by atoms with van der Waals surface area (Å²) in [5.41, 5.74) is 6.53. The van der Waals surface area contributed by atoms with Crippen LogP contribution in [0.2, 0.25) is 0 Å². The summed E-state index contributed by atoms with van der Waals surface area (Å²) in [7, 11) is 0. The Morgan fingerprint density at radius 2 is 1.95 bits per heavy atom. The van der Waals surface area contributed by atoms with Gasteiger partial charge in [0.15, 0.2) is 0 Å². The van der Waals surface area contributed by atoms with E-state index in [1.165, 1.54) is 0 Å². The molecule has 1 aromatic carbocycles. The van der Waals surface area contributed by atoms with Gasteiger partial charge in [-0.15, -0.1) is 0 Å². The molecule has 0 bridgehead atoms. The van der Waals surface area contributed by atoms with Crippen LogP contribution >= 0.6 is 0 Å². The topological polar surface area (TPSA) is 38.5 Å². The summed E-state index contributed by atoms with van der Waals surface area (Å²) in [5.74, 6) is -0.480. The molecular weight excluding hydrogens is 281 g/mol. The number of hydrogen-bond donors (Lipinski definition) is 1. The molecule has 0 amide bonds. The fraction of sp³-hybridized carbons (Fsp3) is 0.600. The van der Waals surface area contributed by atoms with E-state index in [2.05, 4.69) is 0 Å². The Morgan fingerprint density at radius 1 is 1.24 bits per heavy atom. The lowest BCUT2D eigenvalue weighted by atomic mass is 9.98. The number of piperidine rings is 1. The van der Waals surface area contributed by atoms with Crippen LogP contribution in [0.15, 0.2) is 24.3 Å². The highest BCUT2D eigenvalue weighted by atomic mass is 19.4. The molecule has 6 heteroatoms. The van der Waals surface area contributed by atoms with Gasteiger partial charge in [-0.3, -0.25) is 4.90 Å². The summed E-state index contributed by atoms with van der Waals surface area (Å²) in [6.07, 6.45) is -3.26. The number of hydrogen-bond acceptors (Lipinski definition) is 3. The first-order valence-corrected chi connectivity index (χ1v) is 7.20. The van der Waals surface area contributed by atoms with E-state index in [4.69, 9.17) is 10.5 Å². The monoisotopic (exact) mass is 302 g/mol. The highest BCUT2D eigenvalue weighted by molar-refractivity contribution is 5.27. The van der Waals surface area contributed by atoms with Crippen molar-refractivity contribution in [3.8, 4) is 5.75 Å². The third kappa shape index (κ3) is 4.89. The SMILES string of the molecule is NCc1ccc(OCCN2CCCC(C(F)(F)F)C2)cc1. The van der Waals surface area contributed by atoms with Crippen molar-refractivity contribution in [3.63, 3.8) is 0 Å². The molecule has 0 aliphatic carbocycles. The molecule has 0 saturated carbocycles. The third-order valence-electron chi connectivity index (χ3n) is 3.80. The van der Waals surface area contributed by atoms with E-state index in [0.717, 1.165) is 11.3 Å². The second-order valence-corrected chi connectivity index (χ2v) is 5.38. The maximum absolute atomic E-state index is 12.7. The number of benzene rings is 1. The van der Waals surface area contributed by atoms with Gasteiger partial charge in [0, 0.05) is 19.6 Å². The molecule has 1 saturated heterocycles. The fourth-order valence-corrected chi connectivity index (χ4v) is 2.54. The van der Waals surface area contributed by atoms with Gasteiger partial charge < -0.3 is 10.5 Å². The number of likely N-dealkylation sites (tertiary alicyclic amines) is 1. The van der Waals surface area contributed by atoms with Crippen molar-refractivity contribution in [1.82, 2.24) is 4.90 Å². The van der Waals surface area contributed by atoms with Crippen molar-refractivity contribution < 1.29 is 17.9 Å². The average molecular weight is 302 g/mol. The van der Waals surface area contributed by atoms with Crippen molar-refractivity contribution in [1.29, 1.82) is 0 Å². The molecule has 118 valence electrons. The number of nitrogens with zero attached hydrogens (tertiary/aromatic N) is 1. The normalized spacial score (nSPS) is 20.5. The predicted octanol–water partition coefficient (Wildman–Crippen LogP) is 2.80. The maximum Gasteiger partial charge on any atom is 0.393 e. The zero-order chi connectivity index (χ0) is 15.3. The van der Waals surface area contributed by atoms with Crippen LogP contribution in [0.25, 0.3) is 0 Å². The molecular formula is C15H21F3N2O. The van der Waals surface area contributed by atoms with Gasteiger partial charge in [-0.1, -0.05) is 12.1 Å². The standard InChI is InChI=1S/C15H21F3N2O/c16-15(17,18)13-2-1-7-20(11-13)8-9-21-14-5-3-12(10-19)4-6-14/h3-6,13H,1-2,7-11,19H2. The Kier molecular flexibility index (Phi) is 5.47. The number of nitrogens with two attached hydrogens (primary N) is 1. The molecule has 2 N–H and O–H groups in total. The lowest BCUT2D eigenvalue weighted by Gasteiger charge is -2.33. The Bertz CT molecular complexity index is 434. The highest BCUT2D eigenvalue weighted by Gasteiger charge is 2.41. The van der Waals surface area contributed by atoms with Crippen LogP contribution in [-0.2, 0) is 6.54 Å². The molecule has 0 radical (unpaired) electrons. The molecule has 1 unspecified atom stereocenters. The molecule has 0 spiro atoms. The van der Waals surface area contributed by atoms with Crippen molar-refractivity contribution in [3.05, 3.63) is 29.8 Å². The Balaban J connectivity index is 1.75. The van der Waals surface area contributed by atoms with E-state index in [0.29, 0.717) is 32.7 Å². The number of ether oxygens (including phenoxy) is 1. The van der Waals surface area contributed by atoms with Crippen molar-refractivity contribution in [2.45, 2.75) is 25.6 Å². The first-order chi connectivity index (χ1) is 9.99. The predicted molar refractivity (Wildman–Crippen MR) is 75.0 cm³/mol. The highest BCUT2D eigenvalue weighted by Crippen LogP contribution is 2.32. The van der Waals surface area contributed by atoms with E-state index in [-0.39, 0.29) is 13.0 Å². The lowest BCUT2D eigenvalue weighted by Crippen LogP contribution is -2.43. The zero-order valence-electron chi connectivity index (χ0n) is 11.9. The van der Waals surface area contributed by atoms with Gasteiger partial charge >= 0.3 is 6.18 Å². The van der Waals surface area contributed by atoms with Crippen LogP contribution < -0.4 is 10.5 Å². The molecule has 1 aliphatic heterocycles.